The van der Waals surface area contributed by atoms with E-state index in [-0.39, 0.29) is 0 Å². The van der Waals surface area contributed by atoms with Crippen LogP contribution >= 0.6 is 0 Å². The van der Waals surface area contributed by atoms with Gasteiger partial charge in [0.15, 0.2) is 0 Å². The monoisotopic (exact) mass is 134 g/mol. The smallest absolute Gasteiger partial charge is 0.0498 e. The Morgan fingerprint density at radius 1 is 0.900 bits per heavy atom. The van der Waals surface area contributed by atoms with E-state index in [1.165, 1.54) is 11.1 Å². The van der Waals surface area contributed by atoms with Crippen molar-refractivity contribution in [3.63, 3.8) is 0 Å². The Balaban J connectivity index is 2.93. The average Bonchev–Trinajstić information content (AvgIpc) is 1.92. The Kier molecular flexibility index (Phi) is 2.15. The van der Waals surface area contributed by atoms with Gasteiger partial charge in [-0.25, -0.2) is 0 Å². The first kappa shape index (κ1) is 6.93. The molecular weight excluding hydrogens is 124 g/mol. The van der Waals surface area contributed by atoms with Gasteiger partial charge < -0.3 is 0 Å². The highest BCUT2D eigenvalue weighted by Crippen LogP contribution is 2.08. The van der Waals surface area contributed by atoms with Crippen LogP contribution in [0.25, 0.3) is 0 Å². The second kappa shape index (κ2) is 3.11. The molecule has 0 aromatic rings. The number of hydrogen-bond acceptors (Lipinski definition) is 2. The van der Waals surface area contributed by atoms with Crippen LogP contribution in [0.5, 0.6) is 0 Å². The van der Waals surface area contributed by atoms with Gasteiger partial charge in [-0.2, -0.15) is 10.2 Å². The van der Waals surface area contributed by atoms with Gasteiger partial charge in [-0.05, 0) is 37.1 Å². The standard InChI is InChI=1S/C8H10N2/c1-7-3-5-9-10-6-4-8(7)2/h3-6H,1-2H3/b5-3-,6-4-,7-3?,8-4?,8-7+,9-5?,10-6?,10-9+. The van der Waals surface area contributed by atoms with Crippen molar-refractivity contribution in [1.82, 2.24) is 0 Å². The lowest BCUT2D eigenvalue weighted by Crippen LogP contribution is -1.76. The van der Waals surface area contributed by atoms with Gasteiger partial charge in [-0.3, -0.25) is 0 Å². The second-order valence-electron chi connectivity index (χ2n) is 2.23. The molecule has 0 bridgehead atoms. The lowest BCUT2D eigenvalue weighted by Gasteiger charge is -1.96. The van der Waals surface area contributed by atoms with Crippen LogP contribution in [0.1, 0.15) is 13.8 Å². The lowest BCUT2D eigenvalue weighted by molar-refractivity contribution is 1.19. The van der Waals surface area contributed by atoms with Crippen molar-refractivity contribution in [3.05, 3.63) is 35.7 Å². The van der Waals surface area contributed by atoms with Crippen LogP contribution in [0.4, 0.5) is 0 Å². The number of allylic oxidation sites excluding steroid dienone is 4. The van der Waals surface area contributed by atoms with Crippen LogP contribution in [0, 0.1) is 0 Å². The molecule has 1 heterocycles. The fraction of sp³-hybridized carbons (Fsp3) is 0.250. The fourth-order valence-electron chi connectivity index (χ4n) is 0.630. The maximum atomic E-state index is 3.74. The Bertz CT molecular complexity index is 208. The van der Waals surface area contributed by atoms with Gasteiger partial charge in [0.2, 0.25) is 0 Å². The summed E-state index contributed by atoms with van der Waals surface area (Å²) in [6.07, 6.45) is 7.29. The molecule has 52 valence electrons. The molecule has 0 spiro atoms. The third-order valence-corrected chi connectivity index (χ3v) is 1.47. The SMILES string of the molecule is CC1=C(C)\C=C/N=N/C=C\1. The van der Waals surface area contributed by atoms with Crippen molar-refractivity contribution < 1.29 is 0 Å². The van der Waals surface area contributed by atoms with Crippen molar-refractivity contribution in [2.45, 2.75) is 13.8 Å². The van der Waals surface area contributed by atoms with E-state index < -0.39 is 0 Å². The molecule has 1 aliphatic heterocycles. The highest BCUT2D eigenvalue weighted by molar-refractivity contribution is 5.30. The number of hydrogen-bond donors (Lipinski definition) is 0. The van der Waals surface area contributed by atoms with E-state index in [9.17, 15) is 0 Å². The molecule has 0 aliphatic carbocycles. The summed E-state index contributed by atoms with van der Waals surface area (Å²) in [5.41, 5.74) is 2.46. The Morgan fingerprint density at radius 2 is 1.30 bits per heavy atom. The first-order chi connectivity index (χ1) is 4.80. The largest absolute Gasteiger partial charge is 0.159 e. The quantitative estimate of drug-likeness (QED) is 0.486. The van der Waals surface area contributed by atoms with E-state index in [2.05, 4.69) is 24.1 Å². The highest BCUT2D eigenvalue weighted by Gasteiger charge is 1.88. The van der Waals surface area contributed by atoms with Gasteiger partial charge in [0.25, 0.3) is 0 Å². The molecule has 0 aromatic heterocycles. The summed E-state index contributed by atoms with van der Waals surface area (Å²) in [5, 5.41) is 7.48. The molecular formula is C8H10N2. The van der Waals surface area contributed by atoms with Crippen LogP contribution < -0.4 is 0 Å². The summed E-state index contributed by atoms with van der Waals surface area (Å²) in [7, 11) is 0. The first-order valence-electron chi connectivity index (χ1n) is 3.21. The van der Waals surface area contributed by atoms with Gasteiger partial charge in [0.05, 0.1) is 0 Å². The molecule has 1 aliphatic rings. The van der Waals surface area contributed by atoms with Crippen LogP contribution in [-0.2, 0) is 0 Å². The van der Waals surface area contributed by atoms with Crippen molar-refractivity contribution in [1.29, 1.82) is 0 Å². The molecule has 0 saturated heterocycles. The Labute approximate surface area is 60.7 Å². The maximum absolute atomic E-state index is 3.74. The van der Waals surface area contributed by atoms with Crippen molar-refractivity contribution >= 4 is 0 Å². The maximum Gasteiger partial charge on any atom is 0.0498 e. The van der Waals surface area contributed by atoms with Crippen LogP contribution in [-0.4, -0.2) is 0 Å². The molecule has 0 amide bonds. The van der Waals surface area contributed by atoms with Gasteiger partial charge >= 0.3 is 0 Å². The van der Waals surface area contributed by atoms with Crippen molar-refractivity contribution in [3.8, 4) is 0 Å². The van der Waals surface area contributed by atoms with E-state index >= 15 is 0 Å². The number of rotatable bonds is 0. The molecule has 0 atom stereocenters. The summed E-state index contributed by atoms with van der Waals surface area (Å²) >= 11 is 0. The summed E-state index contributed by atoms with van der Waals surface area (Å²) < 4.78 is 0. The zero-order valence-electron chi connectivity index (χ0n) is 6.20. The average molecular weight is 134 g/mol. The predicted molar refractivity (Wildman–Crippen MR) is 41.5 cm³/mol. The molecule has 0 saturated carbocycles. The van der Waals surface area contributed by atoms with Gasteiger partial charge in [0, 0.05) is 12.4 Å². The van der Waals surface area contributed by atoms with Crippen LogP contribution in [0.2, 0.25) is 0 Å². The lowest BCUT2D eigenvalue weighted by atomic mass is 10.1. The van der Waals surface area contributed by atoms with Gasteiger partial charge in [0.1, 0.15) is 0 Å². The highest BCUT2D eigenvalue weighted by atomic mass is 15.1. The minimum atomic E-state index is 1.23. The summed E-state index contributed by atoms with van der Waals surface area (Å²) in [4.78, 5) is 0. The van der Waals surface area contributed by atoms with E-state index in [0.29, 0.717) is 0 Å². The zero-order valence-corrected chi connectivity index (χ0v) is 6.20. The van der Waals surface area contributed by atoms with Crippen molar-refractivity contribution in [2.75, 3.05) is 0 Å². The van der Waals surface area contributed by atoms with Crippen molar-refractivity contribution in [2.24, 2.45) is 10.2 Å². The Morgan fingerprint density at radius 3 is 1.70 bits per heavy atom. The molecule has 0 N–H and O–H groups in total. The molecule has 10 heavy (non-hydrogen) atoms. The van der Waals surface area contributed by atoms with E-state index in [4.69, 9.17) is 0 Å². The van der Waals surface area contributed by atoms with E-state index in [1.807, 2.05) is 12.2 Å². The number of azo groups is 1. The van der Waals surface area contributed by atoms with Gasteiger partial charge in [-0.15, -0.1) is 0 Å². The summed E-state index contributed by atoms with van der Waals surface area (Å²) in [5.74, 6) is 0. The first-order valence-corrected chi connectivity index (χ1v) is 3.21. The molecule has 0 radical (unpaired) electrons. The third-order valence-electron chi connectivity index (χ3n) is 1.47. The zero-order chi connectivity index (χ0) is 7.40. The van der Waals surface area contributed by atoms with Crippen LogP contribution in [0.3, 0.4) is 0 Å². The number of nitrogens with zero attached hydrogens (tertiary/aromatic N) is 2. The van der Waals surface area contributed by atoms with E-state index in [1.54, 1.807) is 12.4 Å². The molecule has 0 fully saturated rings. The molecule has 2 nitrogen and oxygen atoms in total. The predicted octanol–water partition coefficient (Wildman–Crippen LogP) is 2.82. The Hall–Kier alpha value is -1.18. The van der Waals surface area contributed by atoms with Crippen LogP contribution in [0.15, 0.2) is 45.9 Å². The summed E-state index contributed by atoms with van der Waals surface area (Å²) in [6.45, 7) is 4.11. The normalized spacial score (nSPS) is 34.2. The van der Waals surface area contributed by atoms with Gasteiger partial charge in [-0.1, -0.05) is 0 Å². The third kappa shape index (κ3) is 1.65. The molecule has 0 unspecified atom stereocenters. The minimum Gasteiger partial charge on any atom is -0.159 e. The van der Waals surface area contributed by atoms with E-state index in [0.717, 1.165) is 0 Å². The molecule has 1 rings (SSSR count). The second-order valence-corrected chi connectivity index (χ2v) is 2.23. The topological polar surface area (TPSA) is 24.7 Å². The fourth-order valence-corrected chi connectivity index (χ4v) is 0.630. The molecule has 2 heteroatoms. The minimum absolute atomic E-state index is 1.23. The molecule has 0 aromatic carbocycles. The summed E-state index contributed by atoms with van der Waals surface area (Å²) in [6, 6.07) is 0.